The molecule has 2 N–H and O–H groups in total. The molecule has 2 heterocycles. The van der Waals surface area contributed by atoms with Crippen LogP contribution in [0.5, 0.6) is 5.75 Å². The van der Waals surface area contributed by atoms with E-state index in [1.807, 2.05) is 0 Å². The highest BCUT2D eigenvalue weighted by molar-refractivity contribution is 6.48. The number of aromatic hydroxyl groups is 1. The van der Waals surface area contributed by atoms with Crippen LogP contribution in [0.3, 0.4) is 0 Å². The van der Waals surface area contributed by atoms with Crippen LogP contribution in [0.4, 0.5) is 10.1 Å². The first-order valence-electron chi connectivity index (χ1n) is 9.68. The van der Waals surface area contributed by atoms with E-state index in [9.17, 15) is 19.1 Å². The van der Waals surface area contributed by atoms with E-state index in [0.717, 1.165) is 0 Å². The number of carbonyl (C=O) groups excluding carboxylic acids is 2. The summed E-state index contributed by atoms with van der Waals surface area (Å²) in [4.78, 5) is 29.9. The molecule has 7 heteroatoms. The predicted molar refractivity (Wildman–Crippen MR) is 116 cm³/mol. The quantitative estimate of drug-likeness (QED) is 0.373. The second kappa shape index (κ2) is 8.02. The third-order valence-electron chi connectivity index (χ3n) is 4.97. The molecule has 0 fully saturated rings. The van der Waals surface area contributed by atoms with Crippen molar-refractivity contribution in [1.82, 2.24) is 9.55 Å². The number of fused-ring (bicyclic) bond motifs is 1. The van der Waals surface area contributed by atoms with Gasteiger partial charge >= 0.3 is 0 Å². The van der Waals surface area contributed by atoms with E-state index in [4.69, 9.17) is 0 Å². The normalized spacial score (nSPS) is 10.9. The molecule has 0 spiro atoms. The van der Waals surface area contributed by atoms with E-state index in [1.165, 1.54) is 18.3 Å². The molecule has 156 valence electrons. The summed E-state index contributed by atoms with van der Waals surface area (Å²) in [5, 5.41) is 13.4. The standard InChI is InChI=1S/C24H20FN3O3/c1-14-10-17(11-15(2)26-14)27-24(31)23(30)19-13-28(12-16-6-3-4-8-20(16)25)22-18(19)7-5-9-21(22)29/h3-11,13,29H,12H2,1-2H3,(H,26,27,31). The molecule has 0 saturated carbocycles. The highest BCUT2D eigenvalue weighted by Gasteiger charge is 2.23. The molecule has 0 aliphatic heterocycles. The molecule has 0 aliphatic carbocycles. The molecule has 31 heavy (non-hydrogen) atoms. The highest BCUT2D eigenvalue weighted by atomic mass is 19.1. The number of carbonyl (C=O) groups is 2. The first kappa shape index (κ1) is 20.3. The van der Waals surface area contributed by atoms with E-state index in [2.05, 4.69) is 10.3 Å². The van der Waals surface area contributed by atoms with E-state index in [0.29, 0.717) is 33.5 Å². The van der Waals surface area contributed by atoms with Gasteiger partial charge in [0.05, 0.1) is 17.6 Å². The van der Waals surface area contributed by atoms with Crippen molar-refractivity contribution >= 4 is 28.3 Å². The minimum Gasteiger partial charge on any atom is -0.506 e. The maximum atomic E-state index is 14.2. The largest absolute Gasteiger partial charge is 0.506 e. The van der Waals surface area contributed by atoms with Gasteiger partial charge in [-0.2, -0.15) is 0 Å². The van der Waals surface area contributed by atoms with Crippen LogP contribution in [0.2, 0.25) is 0 Å². The van der Waals surface area contributed by atoms with Crippen LogP contribution in [-0.4, -0.2) is 26.3 Å². The van der Waals surface area contributed by atoms with Crippen molar-refractivity contribution in [3.63, 3.8) is 0 Å². The van der Waals surface area contributed by atoms with Crippen LogP contribution >= 0.6 is 0 Å². The lowest BCUT2D eigenvalue weighted by molar-refractivity contribution is -0.112. The highest BCUT2D eigenvalue weighted by Crippen LogP contribution is 2.30. The number of aromatic nitrogens is 2. The molecular weight excluding hydrogens is 397 g/mol. The number of Topliss-reactive ketones (excluding diaryl/α,β-unsaturated/α-hetero) is 1. The second-order valence-electron chi connectivity index (χ2n) is 7.36. The molecule has 6 nitrogen and oxygen atoms in total. The van der Waals surface area contributed by atoms with Crippen molar-refractivity contribution < 1.29 is 19.1 Å². The zero-order chi connectivity index (χ0) is 22.1. The summed E-state index contributed by atoms with van der Waals surface area (Å²) < 4.78 is 15.7. The van der Waals surface area contributed by atoms with E-state index >= 15 is 0 Å². The number of pyridine rings is 1. The van der Waals surface area contributed by atoms with Crippen LogP contribution in [-0.2, 0) is 11.3 Å². The van der Waals surface area contributed by atoms with Gasteiger partial charge in [-0.15, -0.1) is 0 Å². The zero-order valence-corrected chi connectivity index (χ0v) is 17.0. The number of ketones is 1. The third kappa shape index (κ3) is 4.02. The lowest BCUT2D eigenvalue weighted by atomic mass is 10.1. The molecule has 0 bridgehead atoms. The van der Waals surface area contributed by atoms with Crippen molar-refractivity contribution in [1.29, 1.82) is 0 Å². The molecule has 0 radical (unpaired) electrons. The number of para-hydroxylation sites is 1. The van der Waals surface area contributed by atoms with Crippen LogP contribution < -0.4 is 5.32 Å². The summed E-state index contributed by atoms with van der Waals surface area (Å²) in [5.41, 5.74) is 2.79. The van der Waals surface area contributed by atoms with Gasteiger partial charge in [0.15, 0.2) is 0 Å². The van der Waals surface area contributed by atoms with Crippen molar-refractivity contribution in [3.8, 4) is 5.75 Å². The topological polar surface area (TPSA) is 84.2 Å². The lowest BCUT2D eigenvalue weighted by Gasteiger charge is -2.07. The van der Waals surface area contributed by atoms with Crippen LogP contribution in [0.1, 0.15) is 27.3 Å². The maximum Gasteiger partial charge on any atom is 0.296 e. The van der Waals surface area contributed by atoms with Gasteiger partial charge in [-0.05, 0) is 38.1 Å². The minimum atomic E-state index is -0.807. The molecule has 0 unspecified atom stereocenters. The Morgan fingerprint density at radius 3 is 2.48 bits per heavy atom. The number of nitrogens with one attached hydrogen (secondary N) is 1. The molecule has 0 saturated heterocycles. The van der Waals surface area contributed by atoms with Crippen molar-refractivity contribution in [3.05, 3.63) is 89.1 Å². The Balaban J connectivity index is 1.72. The SMILES string of the molecule is Cc1cc(NC(=O)C(=O)c2cn(Cc3ccccc3F)c3c(O)cccc23)cc(C)n1. The second-order valence-corrected chi connectivity index (χ2v) is 7.36. The number of phenolic OH excluding ortho intramolecular Hbond substituents is 1. The molecule has 0 aliphatic rings. The van der Waals surface area contributed by atoms with Crippen molar-refractivity contribution in [2.75, 3.05) is 5.32 Å². The number of hydrogen-bond acceptors (Lipinski definition) is 4. The minimum absolute atomic E-state index is 0.0614. The van der Waals surface area contributed by atoms with Gasteiger partial charge in [-0.3, -0.25) is 14.6 Å². The number of hydrogen-bond donors (Lipinski definition) is 2. The van der Waals surface area contributed by atoms with Gasteiger partial charge in [0, 0.05) is 34.2 Å². The molecule has 4 rings (SSSR count). The Bertz CT molecular complexity index is 1310. The van der Waals surface area contributed by atoms with E-state index in [-0.39, 0.29) is 17.9 Å². The van der Waals surface area contributed by atoms with Crippen LogP contribution in [0.15, 0.2) is 60.8 Å². The summed E-state index contributed by atoms with van der Waals surface area (Å²) in [6, 6.07) is 14.3. The number of rotatable bonds is 5. The molecule has 4 aromatic rings. The Morgan fingerprint density at radius 1 is 1.06 bits per heavy atom. The molecular formula is C24H20FN3O3. The average molecular weight is 417 g/mol. The summed E-state index contributed by atoms with van der Waals surface area (Å²) in [7, 11) is 0. The smallest absolute Gasteiger partial charge is 0.296 e. The average Bonchev–Trinajstić information content (AvgIpc) is 3.08. The summed E-state index contributed by atoms with van der Waals surface area (Å²) >= 11 is 0. The van der Waals surface area contributed by atoms with Crippen LogP contribution in [0, 0.1) is 19.7 Å². The first-order chi connectivity index (χ1) is 14.8. The van der Waals surface area contributed by atoms with Gasteiger partial charge in [-0.1, -0.05) is 30.3 Å². The van der Waals surface area contributed by atoms with Crippen molar-refractivity contribution in [2.24, 2.45) is 0 Å². The third-order valence-corrected chi connectivity index (χ3v) is 4.97. The zero-order valence-electron chi connectivity index (χ0n) is 17.0. The molecule has 2 aromatic heterocycles. The molecule has 0 atom stereocenters. The maximum absolute atomic E-state index is 14.2. The molecule has 2 aromatic carbocycles. The fourth-order valence-electron chi connectivity index (χ4n) is 3.67. The van der Waals surface area contributed by atoms with Gasteiger partial charge in [-0.25, -0.2) is 4.39 Å². The number of benzene rings is 2. The van der Waals surface area contributed by atoms with Gasteiger partial charge in [0.25, 0.3) is 11.7 Å². The Labute approximate surface area is 178 Å². The summed E-state index contributed by atoms with van der Waals surface area (Å²) in [6.45, 7) is 3.69. The number of phenols is 1. The van der Waals surface area contributed by atoms with Crippen LogP contribution in [0.25, 0.3) is 10.9 Å². The number of halogens is 1. The Hall–Kier alpha value is -4.00. The number of aryl methyl sites for hydroxylation is 2. The summed E-state index contributed by atoms with van der Waals surface area (Å²) in [6.07, 6.45) is 1.47. The fourth-order valence-corrected chi connectivity index (χ4v) is 3.67. The van der Waals surface area contributed by atoms with E-state index in [1.54, 1.807) is 60.9 Å². The van der Waals surface area contributed by atoms with E-state index < -0.39 is 17.5 Å². The predicted octanol–water partition coefficient (Wildman–Crippen LogP) is 4.37. The van der Waals surface area contributed by atoms with Crippen molar-refractivity contribution in [2.45, 2.75) is 20.4 Å². The van der Waals surface area contributed by atoms with Gasteiger partial charge in [0.1, 0.15) is 11.6 Å². The number of anilines is 1. The number of amides is 1. The lowest BCUT2D eigenvalue weighted by Crippen LogP contribution is -2.23. The monoisotopic (exact) mass is 417 g/mol. The Kier molecular flexibility index (Phi) is 5.25. The molecule has 1 amide bonds. The number of nitrogens with zero attached hydrogens (tertiary/aromatic N) is 2. The van der Waals surface area contributed by atoms with Gasteiger partial charge < -0.3 is 15.0 Å². The first-order valence-corrected chi connectivity index (χ1v) is 9.68. The Morgan fingerprint density at radius 2 is 1.77 bits per heavy atom. The fraction of sp³-hybridized carbons (Fsp3) is 0.125. The summed E-state index contributed by atoms with van der Waals surface area (Å²) in [5.74, 6) is -2.02. The van der Waals surface area contributed by atoms with Gasteiger partial charge in [0.2, 0.25) is 0 Å².